The minimum Gasteiger partial charge on any atom is -0.339 e. The molecule has 4 rings (SSSR count). The van der Waals surface area contributed by atoms with Crippen molar-refractivity contribution in [2.75, 3.05) is 0 Å². The van der Waals surface area contributed by atoms with Gasteiger partial charge in [0.25, 0.3) is 0 Å². The quantitative estimate of drug-likeness (QED) is 0.277. The second-order valence-electron chi connectivity index (χ2n) is 8.98. The Hall–Kier alpha value is -3.13. The summed E-state index contributed by atoms with van der Waals surface area (Å²) >= 11 is 0. The van der Waals surface area contributed by atoms with E-state index in [-0.39, 0.29) is 11.9 Å². The zero-order valence-electron chi connectivity index (χ0n) is 18.2. The number of β-lactam (4-membered cyclic amide) rings is 1. The van der Waals surface area contributed by atoms with Gasteiger partial charge < -0.3 is 5.32 Å². The van der Waals surface area contributed by atoms with Gasteiger partial charge in [-0.05, 0) is 16.7 Å². The molecular formula is C27H28N2OSi. The molecular weight excluding hydrogens is 396 g/mol. The molecule has 0 radical (unpaired) electrons. The summed E-state index contributed by atoms with van der Waals surface area (Å²) in [6.45, 7) is 6.64. The van der Waals surface area contributed by atoms with Gasteiger partial charge in [0, 0.05) is 0 Å². The van der Waals surface area contributed by atoms with Crippen LogP contribution in [0.1, 0.15) is 16.7 Å². The maximum absolute atomic E-state index is 12.7. The van der Waals surface area contributed by atoms with E-state index in [2.05, 4.69) is 78.1 Å². The first-order chi connectivity index (χ1) is 14.9. The third-order valence-corrected chi connectivity index (χ3v) is 6.40. The lowest BCUT2D eigenvalue weighted by atomic mass is 9.75. The number of rotatable bonds is 5. The van der Waals surface area contributed by atoms with E-state index in [1.807, 2.05) is 54.6 Å². The highest BCUT2D eigenvalue weighted by Crippen LogP contribution is 2.38. The van der Waals surface area contributed by atoms with Gasteiger partial charge in [-0.25, -0.2) is 0 Å². The number of nitrogens with one attached hydrogen (secondary N) is 2. The van der Waals surface area contributed by atoms with Crippen LogP contribution in [0.15, 0.2) is 91.0 Å². The highest BCUT2D eigenvalue weighted by atomic mass is 28.3. The van der Waals surface area contributed by atoms with E-state index < -0.39 is 19.7 Å². The Morgan fingerprint density at radius 3 is 1.55 bits per heavy atom. The van der Waals surface area contributed by atoms with Gasteiger partial charge in [0.15, 0.2) is 0 Å². The molecule has 0 spiro atoms. The van der Waals surface area contributed by atoms with Crippen LogP contribution in [-0.2, 0) is 10.3 Å². The van der Waals surface area contributed by atoms with Crippen molar-refractivity contribution < 1.29 is 4.79 Å². The molecule has 1 amide bonds. The Bertz CT molecular complexity index is 999. The first-order valence-electron chi connectivity index (χ1n) is 10.7. The molecule has 1 saturated heterocycles. The molecule has 3 nitrogen and oxygen atoms in total. The number of benzene rings is 3. The van der Waals surface area contributed by atoms with Crippen LogP contribution in [0.25, 0.3) is 0 Å². The van der Waals surface area contributed by atoms with Crippen molar-refractivity contribution >= 4 is 14.0 Å². The SMILES string of the molecule is C[Si](C)(C)C#C[C@H]1NC(=O)[C@H]1NC(c1ccccc1)(c1ccccc1)c1ccccc1. The van der Waals surface area contributed by atoms with E-state index in [0.29, 0.717) is 0 Å². The molecule has 31 heavy (non-hydrogen) atoms. The fourth-order valence-electron chi connectivity index (χ4n) is 3.99. The topological polar surface area (TPSA) is 41.1 Å². The molecule has 0 aromatic heterocycles. The van der Waals surface area contributed by atoms with Crippen LogP contribution in [0.4, 0.5) is 0 Å². The number of carbonyl (C=O) groups is 1. The van der Waals surface area contributed by atoms with Gasteiger partial charge in [0.2, 0.25) is 5.91 Å². The van der Waals surface area contributed by atoms with Crippen molar-refractivity contribution in [3.63, 3.8) is 0 Å². The molecule has 0 saturated carbocycles. The van der Waals surface area contributed by atoms with Crippen molar-refractivity contribution in [2.24, 2.45) is 0 Å². The van der Waals surface area contributed by atoms with Gasteiger partial charge in [0.05, 0.1) is 5.54 Å². The zero-order valence-corrected chi connectivity index (χ0v) is 19.2. The van der Waals surface area contributed by atoms with E-state index in [9.17, 15) is 4.79 Å². The fourth-order valence-corrected chi connectivity index (χ4v) is 4.58. The molecule has 1 aliphatic rings. The van der Waals surface area contributed by atoms with Crippen LogP contribution < -0.4 is 10.6 Å². The fraction of sp³-hybridized carbons (Fsp3) is 0.222. The molecule has 2 N–H and O–H groups in total. The van der Waals surface area contributed by atoms with Crippen LogP contribution >= 0.6 is 0 Å². The summed E-state index contributed by atoms with van der Waals surface area (Å²) in [7, 11) is -1.54. The maximum atomic E-state index is 12.7. The largest absolute Gasteiger partial charge is 0.339 e. The highest BCUT2D eigenvalue weighted by Gasteiger charge is 2.46. The first kappa shape index (κ1) is 21.1. The lowest BCUT2D eigenvalue weighted by molar-refractivity contribution is -0.130. The molecule has 0 aliphatic carbocycles. The van der Waals surface area contributed by atoms with Gasteiger partial charge >= 0.3 is 0 Å². The van der Waals surface area contributed by atoms with E-state index >= 15 is 0 Å². The zero-order chi connectivity index (χ0) is 21.9. The summed E-state index contributed by atoms with van der Waals surface area (Å²) in [5.74, 6) is 3.32. The number of hydrogen-bond donors (Lipinski definition) is 2. The van der Waals surface area contributed by atoms with Crippen molar-refractivity contribution in [3.05, 3.63) is 108 Å². The van der Waals surface area contributed by atoms with Gasteiger partial charge in [-0.1, -0.05) is 117 Å². The third kappa shape index (κ3) is 4.34. The molecule has 0 bridgehead atoms. The van der Waals surface area contributed by atoms with Gasteiger partial charge in [-0.15, -0.1) is 5.54 Å². The van der Waals surface area contributed by atoms with Crippen LogP contribution in [0, 0.1) is 11.5 Å². The molecule has 4 heteroatoms. The molecule has 3 aromatic rings. The summed E-state index contributed by atoms with van der Waals surface area (Å²) in [6, 6.07) is 30.4. The second kappa shape index (κ2) is 8.54. The summed E-state index contributed by atoms with van der Waals surface area (Å²) < 4.78 is 0. The normalized spacial score (nSPS) is 18.4. The Morgan fingerprint density at radius 2 is 1.19 bits per heavy atom. The minimum atomic E-state index is -1.54. The molecule has 1 heterocycles. The number of hydrogen-bond acceptors (Lipinski definition) is 2. The van der Waals surface area contributed by atoms with Crippen LogP contribution in [0.5, 0.6) is 0 Å². The predicted molar refractivity (Wildman–Crippen MR) is 129 cm³/mol. The van der Waals surface area contributed by atoms with Crippen LogP contribution in [0.3, 0.4) is 0 Å². The molecule has 3 aromatic carbocycles. The average Bonchev–Trinajstić information content (AvgIpc) is 2.78. The summed E-state index contributed by atoms with van der Waals surface area (Å²) in [5, 5.41) is 6.74. The standard InChI is InChI=1S/C27H28N2OSi/c1-31(2,3)20-19-24-25(26(30)28-24)29-27(21-13-7-4-8-14-21,22-15-9-5-10-16-22)23-17-11-6-12-18-23/h4-18,24-25,29H,1-3H3,(H,28,30)/t24-,25+/m1/s1. The lowest BCUT2D eigenvalue weighted by Crippen LogP contribution is -2.71. The maximum Gasteiger partial charge on any atom is 0.241 e. The van der Waals surface area contributed by atoms with E-state index in [4.69, 9.17) is 0 Å². The summed E-state index contributed by atoms with van der Waals surface area (Å²) in [6.07, 6.45) is 0. The monoisotopic (exact) mass is 424 g/mol. The van der Waals surface area contributed by atoms with Crippen LogP contribution in [0.2, 0.25) is 19.6 Å². The predicted octanol–water partition coefficient (Wildman–Crippen LogP) is 4.32. The first-order valence-corrected chi connectivity index (χ1v) is 14.2. The Kier molecular flexibility index (Phi) is 5.82. The van der Waals surface area contributed by atoms with Gasteiger partial charge in [-0.3, -0.25) is 10.1 Å². The van der Waals surface area contributed by atoms with Crippen LogP contribution in [-0.4, -0.2) is 26.1 Å². The molecule has 0 unspecified atom stereocenters. The Balaban J connectivity index is 1.86. The third-order valence-electron chi connectivity index (χ3n) is 5.51. The van der Waals surface area contributed by atoms with E-state index in [0.717, 1.165) is 16.7 Å². The molecule has 1 aliphatic heterocycles. The van der Waals surface area contributed by atoms with E-state index in [1.54, 1.807) is 0 Å². The number of amides is 1. The number of carbonyl (C=O) groups excluding carboxylic acids is 1. The highest BCUT2D eigenvalue weighted by molar-refractivity contribution is 6.83. The van der Waals surface area contributed by atoms with E-state index in [1.165, 1.54) is 0 Å². The molecule has 156 valence electrons. The second-order valence-corrected chi connectivity index (χ2v) is 13.7. The summed E-state index contributed by atoms with van der Waals surface area (Å²) in [5.41, 5.74) is 6.00. The molecule has 1 fully saturated rings. The van der Waals surface area contributed by atoms with Crippen molar-refractivity contribution in [1.82, 2.24) is 10.6 Å². The van der Waals surface area contributed by atoms with Crippen molar-refractivity contribution in [3.8, 4) is 11.5 Å². The summed E-state index contributed by atoms with van der Waals surface area (Å²) in [4.78, 5) is 12.7. The van der Waals surface area contributed by atoms with Gasteiger partial charge in [0.1, 0.15) is 20.2 Å². The smallest absolute Gasteiger partial charge is 0.241 e. The lowest BCUT2D eigenvalue weighted by Gasteiger charge is -2.44. The Morgan fingerprint density at radius 1 is 0.774 bits per heavy atom. The van der Waals surface area contributed by atoms with Gasteiger partial charge in [-0.2, -0.15) is 0 Å². The molecule has 2 atom stereocenters. The minimum absolute atomic E-state index is 0.0120. The van der Waals surface area contributed by atoms with Crippen molar-refractivity contribution in [2.45, 2.75) is 37.3 Å². The van der Waals surface area contributed by atoms with Crippen molar-refractivity contribution in [1.29, 1.82) is 0 Å². The average molecular weight is 425 g/mol. The Labute approximate surface area is 185 Å².